The van der Waals surface area contributed by atoms with Gasteiger partial charge in [-0.05, 0) is 50.6 Å². The number of hydrogen-bond donors (Lipinski definition) is 3. The number of benzene rings is 2. The molecular formula is C20H26N2O5S. The summed E-state index contributed by atoms with van der Waals surface area (Å²) in [7, 11) is -3.81. The third-order valence-electron chi connectivity index (χ3n) is 3.88. The maximum absolute atomic E-state index is 12.7. The first-order chi connectivity index (χ1) is 13.2. The van der Waals surface area contributed by atoms with E-state index in [9.17, 15) is 18.3 Å². The highest BCUT2D eigenvalue weighted by Gasteiger charge is 2.20. The van der Waals surface area contributed by atoms with Crippen LogP contribution in [0.4, 0.5) is 5.69 Å². The lowest BCUT2D eigenvalue weighted by Gasteiger charge is -2.23. The molecule has 8 heteroatoms. The van der Waals surface area contributed by atoms with Gasteiger partial charge in [-0.15, -0.1) is 0 Å². The number of aliphatic hydroxyl groups excluding tert-OH is 1. The van der Waals surface area contributed by atoms with E-state index < -0.39 is 15.6 Å². The van der Waals surface area contributed by atoms with E-state index in [4.69, 9.17) is 4.74 Å². The van der Waals surface area contributed by atoms with E-state index in [1.807, 2.05) is 0 Å². The average Bonchev–Trinajstić information content (AvgIpc) is 2.63. The van der Waals surface area contributed by atoms with Gasteiger partial charge in [0.1, 0.15) is 10.6 Å². The fourth-order valence-electron chi connectivity index (χ4n) is 2.49. The van der Waals surface area contributed by atoms with Gasteiger partial charge < -0.3 is 15.2 Å². The van der Waals surface area contributed by atoms with Crippen molar-refractivity contribution in [3.8, 4) is 5.75 Å². The van der Waals surface area contributed by atoms with Crippen molar-refractivity contribution in [3.05, 3.63) is 54.1 Å². The fourth-order valence-corrected chi connectivity index (χ4v) is 3.70. The fraction of sp³-hybridized carbons (Fsp3) is 0.350. The average molecular weight is 407 g/mol. The number of carbonyl (C=O) groups excluding carboxylic acids is 1. The molecule has 0 unspecified atom stereocenters. The highest BCUT2D eigenvalue weighted by molar-refractivity contribution is 7.92. The number of para-hydroxylation sites is 1. The van der Waals surface area contributed by atoms with Crippen molar-refractivity contribution >= 4 is 21.6 Å². The molecule has 0 aliphatic carbocycles. The van der Waals surface area contributed by atoms with Crippen LogP contribution in [0.15, 0.2) is 53.4 Å². The molecule has 0 fully saturated rings. The van der Waals surface area contributed by atoms with Crippen LogP contribution in [0, 0.1) is 0 Å². The van der Waals surface area contributed by atoms with Crippen LogP contribution in [0.2, 0.25) is 0 Å². The van der Waals surface area contributed by atoms with Crippen molar-refractivity contribution in [3.63, 3.8) is 0 Å². The summed E-state index contributed by atoms with van der Waals surface area (Å²) in [6, 6.07) is 13.0. The monoisotopic (exact) mass is 406 g/mol. The molecule has 0 atom stereocenters. The number of nitrogens with one attached hydrogen (secondary N) is 2. The number of ether oxygens (including phenoxy) is 1. The normalized spacial score (nSPS) is 11.7. The zero-order valence-corrected chi connectivity index (χ0v) is 17.0. The lowest BCUT2D eigenvalue weighted by atomic mass is 10.1. The zero-order valence-electron chi connectivity index (χ0n) is 16.2. The minimum absolute atomic E-state index is 0.0616. The molecule has 3 N–H and O–H groups in total. The molecule has 1 amide bonds. The van der Waals surface area contributed by atoms with Gasteiger partial charge in [-0.3, -0.25) is 9.52 Å². The lowest BCUT2D eigenvalue weighted by Crippen LogP contribution is -2.46. The van der Waals surface area contributed by atoms with Crippen LogP contribution in [-0.2, 0) is 21.2 Å². The first-order valence-electron chi connectivity index (χ1n) is 8.92. The molecule has 2 aromatic rings. The second-order valence-electron chi connectivity index (χ2n) is 6.95. The molecule has 0 bridgehead atoms. The summed E-state index contributed by atoms with van der Waals surface area (Å²) in [5, 5.41) is 11.9. The first-order valence-corrected chi connectivity index (χ1v) is 10.4. The summed E-state index contributed by atoms with van der Waals surface area (Å²) >= 11 is 0. The van der Waals surface area contributed by atoms with Gasteiger partial charge in [0.25, 0.3) is 10.0 Å². The summed E-state index contributed by atoms with van der Waals surface area (Å²) < 4.78 is 33.3. The third kappa shape index (κ3) is 5.97. The number of aliphatic hydroxyl groups is 1. The van der Waals surface area contributed by atoms with E-state index in [2.05, 4.69) is 10.0 Å². The predicted molar refractivity (Wildman–Crippen MR) is 108 cm³/mol. The highest BCUT2D eigenvalue weighted by atomic mass is 32.2. The molecule has 0 heterocycles. The van der Waals surface area contributed by atoms with Crippen molar-refractivity contribution in [2.45, 2.75) is 37.6 Å². The Morgan fingerprint density at radius 1 is 1.11 bits per heavy atom. The van der Waals surface area contributed by atoms with Crippen LogP contribution in [0.3, 0.4) is 0 Å². The van der Waals surface area contributed by atoms with Crippen molar-refractivity contribution in [2.75, 3.05) is 17.9 Å². The number of amides is 1. The number of carbonyl (C=O) groups is 1. The van der Waals surface area contributed by atoms with E-state index in [0.29, 0.717) is 12.3 Å². The molecule has 28 heavy (non-hydrogen) atoms. The van der Waals surface area contributed by atoms with Gasteiger partial charge in [0.15, 0.2) is 0 Å². The van der Waals surface area contributed by atoms with Crippen molar-refractivity contribution in [1.82, 2.24) is 5.32 Å². The largest absolute Gasteiger partial charge is 0.492 e. The summed E-state index contributed by atoms with van der Waals surface area (Å²) in [5.74, 6) is 0.0651. The number of anilines is 1. The molecular weight excluding hydrogens is 380 g/mol. The number of sulfonamides is 1. The summed E-state index contributed by atoms with van der Waals surface area (Å²) in [6.45, 7) is 5.43. The van der Waals surface area contributed by atoms with Gasteiger partial charge >= 0.3 is 0 Å². The topological polar surface area (TPSA) is 105 Å². The number of hydrogen-bond acceptors (Lipinski definition) is 5. The molecule has 0 saturated carbocycles. The van der Waals surface area contributed by atoms with Crippen LogP contribution in [0.1, 0.15) is 26.3 Å². The van der Waals surface area contributed by atoms with Crippen molar-refractivity contribution < 1.29 is 23.1 Å². The van der Waals surface area contributed by atoms with E-state index in [1.165, 1.54) is 6.07 Å². The first kappa shape index (κ1) is 21.7. The summed E-state index contributed by atoms with van der Waals surface area (Å²) in [6.07, 6.45) is 0.129. The van der Waals surface area contributed by atoms with Crippen LogP contribution in [0.5, 0.6) is 5.75 Å². The van der Waals surface area contributed by atoms with Gasteiger partial charge in [0.05, 0.1) is 25.2 Å². The minimum Gasteiger partial charge on any atom is -0.492 e. The maximum atomic E-state index is 12.7. The molecule has 7 nitrogen and oxygen atoms in total. The van der Waals surface area contributed by atoms with Crippen molar-refractivity contribution in [2.24, 2.45) is 0 Å². The molecule has 0 radical (unpaired) electrons. The van der Waals surface area contributed by atoms with Gasteiger partial charge in [-0.1, -0.05) is 24.3 Å². The lowest BCUT2D eigenvalue weighted by molar-refractivity contribution is -0.122. The van der Waals surface area contributed by atoms with Gasteiger partial charge in [0.2, 0.25) is 5.91 Å². The predicted octanol–water partition coefficient (Wildman–Crippen LogP) is 2.32. The van der Waals surface area contributed by atoms with E-state index in [-0.39, 0.29) is 29.6 Å². The van der Waals surface area contributed by atoms with E-state index in [0.717, 1.165) is 5.56 Å². The Balaban J connectivity index is 2.09. The van der Waals surface area contributed by atoms with Crippen LogP contribution in [-0.4, -0.2) is 38.2 Å². The van der Waals surface area contributed by atoms with Crippen LogP contribution >= 0.6 is 0 Å². The van der Waals surface area contributed by atoms with Crippen molar-refractivity contribution in [1.29, 1.82) is 0 Å². The van der Waals surface area contributed by atoms with Crippen LogP contribution in [0.25, 0.3) is 0 Å². The van der Waals surface area contributed by atoms with Crippen LogP contribution < -0.4 is 14.8 Å². The molecule has 0 aromatic heterocycles. The van der Waals surface area contributed by atoms with E-state index in [1.54, 1.807) is 63.2 Å². The Bertz CT molecular complexity index is 908. The molecule has 0 spiro atoms. The Kier molecular flexibility index (Phi) is 7.04. The smallest absolute Gasteiger partial charge is 0.265 e. The molecule has 0 aliphatic heterocycles. The maximum Gasteiger partial charge on any atom is 0.265 e. The SMILES string of the molecule is CCOc1ccccc1S(=O)(=O)Nc1ccc(CC(=O)NC(C)(C)CO)cc1. The molecule has 0 aliphatic rings. The summed E-state index contributed by atoms with van der Waals surface area (Å²) in [4.78, 5) is 12.1. The Morgan fingerprint density at radius 2 is 1.75 bits per heavy atom. The molecule has 152 valence electrons. The van der Waals surface area contributed by atoms with Gasteiger partial charge in [0, 0.05) is 5.69 Å². The van der Waals surface area contributed by atoms with E-state index >= 15 is 0 Å². The molecule has 0 saturated heterocycles. The third-order valence-corrected chi connectivity index (χ3v) is 5.30. The molecule has 2 aromatic carbocycles. The standard InChI is InChI=1S/C20H26N2O5S/c1-4-27-17-7-5-6-8-18(17)28(25,26)22-16-11-9-15(10-12-16)13-19(24)21-20(2,3)14-23/h5-12,22-23H,4,13-14H2,1-3H3,(H,21,24). The summed E-state index contributed by atoms with van der Waals surface area (Å²) in [5.41, 5.74) is 0.413. The second-order valence-corrected chi connectivity index (χ2v) is 8.60. The highest BCUT2D eigenvalue weighted by Crippen LogP contribution is 2.25. The minimum atomic E-state index is -3.81. The van der Waals surface area contributed by atoms with Gasteiger partial charge in [-0.25, -0.2) is 8.42 Å². The zero-order chi connectivity index (χ0) is 20.8. The number of rotatable bonds is 9. The Hall–Kier alpha value is -2.58. The Morgan fingerprint density at radius 3 is 2.36 bits per heavy atom. The second kappa shape index (κ2) is 9.07. The molecule has 2 rings (SSSR count). The Labute approximate surface area is 165 Å². The van der Waals surface area contributed by atoms with Gasteiger partial charge in [-0.2, -0.15) is 0 Å². The quantitative estimate of drug-likeness (QED) is 0.593.